The Kier molecular flexibility index (Phi) is 3.20. The highest BCUT2D eigenvalue weighted by molar-refractivity contribution is 6.05. The Labute approximate surface area is 132 Å². The van der Waals surface area contributed by atoms with Gasteiger partial charge in [-0.1, -0.05) is 24.3 Å². The van der Waals surface area contributed by atoms with Crippen molar-refractivity contribution in [2.75, 3.05) is 5.32 Å². The Bertz CT molecular complexity index is 992. The molecule has 5 heteroatoms. The largest absolute Gasteiger partial charge is 0.450 e. The number of aromatic nitrogens is 2. The molecule has 0 aliphatic carbocycles. The quantitative estimate of drug-likeness (QED) is 0.594. The van der Waals surface area contributed by atoms with Crippen LogP contribution in [-0.2, 0) is 0 Å². The fraction of sp³-hybridized carbons (Fsp3) is 0.111. The second-order valence-electron chi connectivity index (χ2n) is 5.42. The minimum Gasteiger partial charge on any atom is -0.450 e. The minimum atomic E-state index is -0.520. The Morgan fingerprint density at radius 2 is 1.96 bits per heavy atom. The summed E-state index contributed by atoms with van der Waals surface area (Å²) in [5.41, 5.74) is 3.86. The molecule has 2 heterocycles. The van der Waals surface area contributed by atoms with Gasteiger partial charge >= 0.3 is 0 Å². The van der Waals surface area contributed by atoms with E-state index in [1.165, 1.54) is 6.33 Å². The predicted octanol–water partition coefficient (Wildman–Crippen LogP) is 4.17. The van der Waals surface area contributed by atoms with Gasteiger partial charge in [-0.05, 0) is 36.8 Å². The van der Waals surface area contributed by atoms with Crippen molar-refractivity contribution in [2.24, 2.45) is 0 Å². The topological polar surface area (TPSA) is 71.2 Å². The van der Waals surface area contributed by atoms with Gasteiger partial charge in [0.25, 0.3) is 0 Å². The predicted molar refractivity (Wildman–Crippen MR) is 89.7 cm³/mol. The maximum atomic E-state index is 9.71. The summed E-state index contributed by atoms with van der Waals surface area (Å²) in [7, 11) is 0. The maximum absolute atomic E-state index is 9.71. The number of hydrogen-bond donors (Lipinski definition) is 2. The van der Waals surface area contributed by atoms with Crippen molar-refractivity contribution in [1.29, 1.82) is 0 Å². The number of benzene rings is 2. The third kappa shape index (κ3) is 2.41. The smallest absolute Gasteiger partial charge is 0.196 e. The normalized spacial score (nSPS) is 12.6. The summed E-state index contributed by atoms with van der Waals surface area (Å²) in [5.74, 6) is 0.606. The lowest BCUT2D eigenvalue weighted by Crippen LogP contribution is -1.97. The van der Waals surface area contributed by atoms with Crippen LogP contribution < -0.4 is 5.32 Å². The van der Waals surface area contributed by atoms with Crippen molar-refractivity contribution < 1.29 is 9.52 Å². The summed E-state index contributed by atoms with van der Waals surface area (Å²) in [6.45, 7) is 1.74. The number of nitrogens with one attached hydrogen (secondary N) is 1. The van der Waals surface area contributed by atoms with Crippen LogP contribution in [0.15, 0.2) is 59.3 Å². The number of para-hydroxylation sites is 1. The Morgan fingerprint density at radius 3 is 2.83 bits per heavy atom. The van der Waals surface area contributed by atoms with Crippen LogP contribution in [0.3, 0.4) is 0 Å². The second kappa shape index (κ2) is 5.37. The summed E-state index contributed by atoms with van der Waals surface area (Å²) in [6, 6.07) is 15.4. The zero-order chi connectivity index (χ0) is 15.8. The molecule has 0 fully saturated rings. The van der Waals surface area contributed by atoms with E-state index in [9.17, 15) is 5.11 Å². The molecule has 0 aliphatic heterocycles. The summed E-state index contributed by atoms with van der Waals surface area (Å²) in [6.07, 6.45) is 0.999. The zero-order valence-electron chi connectivity index (χ0n) is 12.5. The lowest BCUT2D eigenvalue weighted by atomic mass is 10.1. The molecule has 4 aromatic rings. The molecule has 0 aliphatic rings. The molecule has 1 atom stereocenters. The molecule has 5 nitrogen and oxygen atoms in total. The Morgan fingerprint density at radius 1 is 1.09 bits per heavy atom. The van der Waals surface area contributed by atoms with Crippen LogP contribution in [0.25, 0.3) is 22.1 Å². The number of aliphatic hydroxyl groups is 1. The molecule has 114 valence electrons. The van der Waals surface area contributed by atoms with Gasteiger partial charge in [-0.15, -0.1) is 0 Å². The van der Waals surface area contributed by atoms with Crippen LogP contribution in [0.2, 0.25) is 0 Å². The zero-order valence-corrected chi connectivity index (χ0v) is 12.5. The van der Waals surface area contributed by atoms with Gasteiger partial charge in [-0.25, -0.2) is 9.97 Å². The molecule has 1 unspecified atom stereocenters. The molecule has 0 spiro atoms. The van der Waals surface area contributed by atoms with Crippen molar-refractivity contribution in [2.45, 2.75) is 13.0 Å². The van der Waals surface area contributed by atoms with Crippen molar-refractivity contribution in [1.82, 2.24) is 9.97 Å². The van der Waals surface area contributed by atoms with Crippen LogP contribution in [0, 0.1) is 0 Å². The highest BCUT2D eigenvalue weighted by Gasteiger charge is 2.13. The fourth-order valence-electron chi connectivity index (χ4n) is 2.63. The first-order valence-electron chi connectivity index (χ1n) is 7.39. The van der Waals surface area contributed by atoms with Gasteiger partial charge in [-0.3, -0.25) is 0 Å². The first-order chi connectivity index (χ1) is 11.2. The molecular formula is C18H15N3O2. The van der Waals surface area contributed by atoms with Gasteiger partial charge in [-0.2, -0.15) is 0 Å². The van der Waals surface area contributed by atoms with Crippen LogP contribution >= 0.6 is 0 Å². The van der Waals surface area contributed by atoms with Crippen molar-refractivity contribution in [3.63, 3.8) is 0 Å². The van der Waals surface area contributed by atoms with E-state index in [1.54, 1.807) is 6.92 Å². The van der Waals surface area contributed by atoms with E-state index in [2.05, 4.69) is 15.3 Å². The van der Waals surface area contributed by atoms with E-state index in [0.29, 0.717) is 11.4 Å². The maximum Gasteiger partial charge on any atom is 0.196 e. The molecule has 0 amide bonds. The minimum absolute atomic E-state index is 0.520. The molecule has 0 saturated heterocycles. The first kappa shape index (κ1) is 13.7. The lowest BCUT2D eigenvalue weighted by Gasteiger charge is -2.09. The van der Waals surface area contributed by atoms with E-state index >= 15 is 0 Å². The number of nitrogens with zero attached hydrogens (tertiary/aromatic N) is 2. The van der Waals surface area contributed by atoms with Gasteiger partial charge < -0.3 is 14.8 Å². The summed E-state index contributed by atoms with van der Waals surface area (Å²) in [4.78, 5) is 8.63. The standard InChI is InChI=1S/C18H15N3O2/c1-11(22)12-5-4-6-13(9-12)21-18-17-16(19-10-20-18)14-7-2-3-8-15(14)23-17/h2-11,22H,1H3,(H,19,20,21). The number of hydrogen-bond acceptors (Lipinski definition) is 5. The number of aliphatic hydroxyl groups excluding tert-OH is 1. The number of rotatable bonds is 3. The van der Waals surface area contributed by atoms with Gasteiger partial charge in [0.05, 0.1) is 6.10 Å². The van der Waals surface area contributed by atoms with Gasteiger partial charge in [0.1, 0.15) is 17.4 Å². The SMILES string of the molecule is CC(O)c1cccc(Nc2ncnc3c2oc2ccccc23)c1. The highest BCUT2D eigenvalue weighted by Crippen LogP contribution is 2.31. The molecular weight excluding hydrogens is 290 g/mol. The van der Waals surface area contributed by atoms with Crippen LogP contribution in [-0.4, -0.2) is 15.1 Å². The molecule has 2 aromatic carbocycles. The van der Waals surface area contributed by atoms with Crippen molar-refractivity contribution in [3.8, 4) is 0 Å². The van der Waals surface area contributed by atoms with Crippen LogP contribution in [0.4, 0.5) is 11.5 Å². The monoisotopic (exact) mass is 305 g/mol. The average molecular weight is 305 g/mol. The molecule has 0 saturated carbocycles. The summed E-state index contributed by atoms with van der Waals surface area (Å²) >= 11 is 0. The second-order valence-corrected chi connectivity index (χ2v) is 5.42. The molecule has 23 heavy (non-hydrogen) atoms. The van der Waals surface area contributed by atoms with E-state index in [0.717, 1.165) is 27.7 Å². The number of furan rings is 1. The Balaban J connectivity index is 1.81. The van der Waals surface area contributed by atoms with Crippen molar-refractivity contribution in [3.05, 3.63) is 60.4 Å². The van der Waals surface area contributed by atoms with Gasteiger partial charge in [0.2, 0.25) is 0 Å². The first-order valence-corrected chi connectivity index (χ1v) is 7.39. The molecule has 2 N–H and O–H groups in total. The average Bonchev–Trinajstić information content (AvgIpc) is 2.95. The number of fused-ring (bicyclic) bond motifs is 3. The van der Waals surface area contributed by atoms with E-state index in [-0.39, 0.29) is 0 Å². The van der Waals surface area contributed by atoms with Crippen LogP contribution in [0.1, 0.15) is 18.6 Å². The molecule has 2 aromatic heterocycles. The Hall–Kier alpha value is -2.92. The highest BCUT2D eigenvalue weighted by atomic mass is 16.3. The summed E-state index contributed by atoms with van der Waals surface area (Å²) < 4.78 is 5.90. The van der Waals surface area contributed by atoms with E-state index in [4.69, 9.17) is 4.42 Å². The molecule has 0 radical (unpaired) electrons. The van der Waals surface area contributed by atoms with Crippen LogP contribution in [0.5, 0.6) is 0 Å². The summed E-state index contributed by atoms with van der Waals surface area (Å²) in [5, 5.41) is 13.9. The van der Waals surface area contributed by atoms with E-state index in [1.807, 2.05) is 48.5 Å². The molecule has 0 bridgehead atoms. The van der Waals surface area contributed by atoms with Crippen molar-refractivity contribution >= 4 is 33.6 Å². The molecule has 4 rings (SSSR count). The number of anilines is 2. The van der Waals surface area contributed by atoms with Gasteiger partial charge in [0, 0.05) is 11.1 Å². The fourth-order valence-corrected chi connectivity index (χ4v) is 2.63. The van der Waals surface area contributed by atoms with E-state index < -0.39 is 6.10 Å². The van der Waals surface area contributed by atoms with Gasteiger partial charge in [0.15, 0.2) is 11.4 Å². The third-order valence-electron chi connectivity index (χ3n) is 3.79. The third-order valence-corrected chi connectivity index (χ3v) is 3.79. The lowest BCUT2D eigenvalue weighted by molar-refractivity contribution is 0.199.